The number of piperazine rings is 1. The lowest BCUT2D eigenvalue weighted by Crippen LogP contribution is -2.55. The van der Waals surface area contributed by atoms with E-state index in [9.17, 15) is 10.1 Å². The highest BCUT2D eigenvalue weighted by Gasteiger charge is 2.46. The number of hydrogen-bond donors (Lipinski definition) is 0. The molecule has 0 N–H and O–H groups in total. The lowest BCUT2D eigenvalue weighted by Gasteiger charge is -2.41. The van der Waals surface area contributed by atoms with Crippen molar-refractivity contribution in [2.24, 2.45) is 11.3 Å². The topological polar surface area (TPSA) is 85.6 Å². The second-order valence-corrected chi connectivity index (χ2v) is 13.8. The zero-order valence-corrected chi connectivity index (χ0v) is 25.7. The highest BCUT2D eigenvalue weighted by molar-refractivity contribution is 5.94. The predicted octanol–water partition coefficient (Wildman–Crippen LogP) is 5.47. The smallest absolute Gasteiger partial charge is 0.319 e. The number of anilines is 1. The Bertz CT molecular complexity index is 1720. The SMILES string of the molecule is C=CC(=O)N1CCN(c2nc(OCC3(CN4CCCC4)CC3)nc3c(F)c(-c4cccc5c4CC4CC54)ccc23)C[C@@H]1CC#N. The number of halogens is 1. The van der Waals surface area contributed by atoms with Gasteiger partial charge in [0.25, 0.3) is 0 Å². The number of benzene rings is 2. The van der Waals surface area contributed by atoms with Gasteiger partial charge in [-0.2, -0.15) is 15.2 Å². The van der Waals surface area contributed by atoms with E-state index in [1.165, 1.54) is 36.5 Å². The van der Waals surface area contributed by atoms with Gasteiger partial charge in [0.15, 0.2) is 5.82 Å². The molecule has 2 saturated heterocycles. The van der Waals surface area contributed by atoms with Crippen LogP contribution in [0.3, 0.4) is 0 Å². The van der Waals surface area contributed by atoms with E-state index in [0.29, 0.717) is 54.8 Å². The van der Waals surface area contributed by atoms with E-state index in [2.05, 4.69) is 28.5 Å². The molecular formula is C36H39FN6O2. The van der Waals surface area contributed by atoms with Crippen molar-refractivity contribution in [2.75, 3.05) is 50.8 Å². The molecule has 2 saturated carbocycles. The van der Waals surface area contributed by atoms with E-state index in [4.69, 9.17) is 14.7 Å². The van der Waals surface area contributed by atoms with E-state index < -0.39 is 0 Å². The van der Waals surface area contributed by atoms with Crippen molar-refractivity contribution in [1.29, 1.82) is 5.26 Å². The number of fused-ring (bicyclic) bond motifs is 4. The van der Waals surface area contributed by atoms with E-state index >= 15 is 4.39 Å². The van der Waals surface area contributed by atoms with Crippen LogP contribution in [-0.4, -0.2) is 77.6 Å². The second kappa shape index (κ2) is 11.1. The molecule has 0 radical (unpaired) electrons. The first-order chi connectivity index (χ1) is 22.0. The Morgan fingerprint density at radius 3 is 2.76 bits per heavy atom. The van der Waals surface area contributed by atoms with Gasteiger partial charge >= 0.3 is 6.01 Å². The van der Waals surface area contributed by atoms with Gasteiger partial charge in [-0.25, -0.2) is 4.39 Å². The van der Waals surface area contributed by atoms with Crippen molar-refractivity contribution in [3.8, 4) is 23.2 Å². The fourth-order valence-electron chi connectivity index (χ4n) is 8.08. The lowest BCUT2D eigenvalue weighted by molar-refractivity contribution is -0.128. The van der Waals surface area contributed by atoms with Crippen molar-refractivity contribution >= 4 is 22.6 Å². The van der Waals surface area contributed by atoms with Crippen molar-refractivity contribution in [1.82, 2.24) is 19.8 Å². The Hall–Kier alpha value is -4.03. The van der Waals surface area contributed by atoms with Crippen molar-refractivity contribution in [3.63, 3.8) is 0 Å². The standard InChI is InChI=1S/C36H39FN6O2/c1-2-31(44)43-17-16-42(20-24(43)10-13-38)34-28-9-8-27(25-6-5-7-26-29-18-23(29)19-30(25)26)32(37)33(28)39-35(40-34)45-22-36(11-12-36)21-41-14-3-4-15-41/h2,5-9,23-24,29H,1,3-4,10-12,14-22H2/t23?,24-,29?/m0/s1. The summed E-state index contributed by atoms with van der Waals surface area (Å²) in [7, 11) is 0. The summed E-state index contributed by atoms with van der Waals surface area (Å²) < 4.78 is 23.1. The second-order valence-electron chi connectivity index (χ2n) is 13.8. The summed E-state index contributed by atoms with van der Waals surface area (Å²) >= 11 is 0. The normalized spacial score (nSPS) is 24.7. The third-order valence-electron chi connectivity index (χ3n) is 10.8. The maximum absolute atomic E-state index is 16.7. The number of likely N-dealkylation sites (tertiary alicyclic amines) is 1. The molecule has 8 nitrogen and oxygen atoms in total. The highest BCUT2D eigenvalue weighted by Crippen LogP contribution is 2.58. The maximum atomic E-state index is 16.7. The van der Waals surface area contributed by atoms with E-state index in [-0.39, 0.29) is 41.1 Å². The van der Waals surface area contributed by atoms with Crippen LogP contribution >= 0.6 is 0 Å². The molecule has 1 amide bonds. The average molecular weight is 607 g/mol. The molecule has 0 spiro atoms. The highest BCUT2D eigenvalue weighted by atomic mass is 19.1. The number of aromatic nitrogens is 2. The van der Waals surface area contributed by atoms with Crippen LogP contribution in [0.1, 0.15) is 55.6 Å². The molecule has 4 fully saturated rings. The monoisotopic (exact) mass is 606 g/mol. The zero-order chi connectivity index (χ0) is 30.7. The zero-order valence-electron chi connectivity index (χ0n) is 25.7. The van der Waals surface area contributed by atoms with Crippen molar-refractivity contribution in [2.45, 2.75) is 56.9 Å². The van der Waals surface area contributed by atoms with Gasteiger partial charge in [0.1, 0.15) is 11.3 Å². The number of carbonyl (C=O) groups is 1. The Balaban J connectivity index is 1.17. The molecule has 1 aromatic heterocycles. The quantitative estimate of drug-likeness (QED) is 0.299. The molecule has 3 aromatic rings. The van der Waals surface area contributed by atoms with E-state index in [0.717, 1.165) is 44.5 Å². The molecule has 232 valence electrons. The van der Waals surface area contributed by atoms with Gasteiger partial charge < -0.3 is 19.4 Å². The summed E-state index contributed by atoms with van der Waals surface area (Å²) in [5, 5.41) is 10.2. The van der Waals surface area contributed by atoms with E-state index in [1.54, 1.807) is 4.90 Å². The van der Waals surface area contributed by atoms with Crippen LogP contribution in [0.25, 0.3) is 22.0 Å². The third kappa shape index (κ3) is 5.13. The Morgan fingerprint density at radius 2 is 1.98 bits per heavy atom. The molecule has 3 aliphatic carbocycles. The third-order valence-corrected chi connectivity index (χ3v) is 10.8. The lowest BCUT2D eigenvalue weighted by atomic mass is 9.93. The molecule has 2 unspecified atom stereocenters. The first-order valence-corrected chi connectivity index (χ1v) is 16.5. The molecule has 8 rings (SSSR count). The number of hydrogen-bond acceptors (Lipinski definition) is 7. The Kier molecular flexibility index (Phi) is 7.01. The molecule has 0 bridgehead atoms. The van der Waals surface area contributed by atoms with Crippen LogP contribution < -0.4 is 9.64 Å². The predicted molar refractivity (Wildman–Crippen MR) is 170 cm³/mol. The molecule has 2 aromatic carbocycles. The summed E-state index contributed by atoms with van der Waals surface area (Å²) in [6, 6.07) is 12.2. The van der Waals surface area contributed by atoms with Gasteiger partial charge in [-0.3, -0.25) is 4.79 Å². The van der Waals surface area contributed by atoms with Crippen molar-refractivity contribution in [3.05, 3.63) is 59.9 Å². The van der Waals surface area contributed by atoms with Crippen molar-refractivity contribution < 1.29 is 13.9 Å². The minimum Gasteiger partial charge on any atom is -0.463 e. The number of nitrogens with zero attached hydrogens (tertiary/aromatic N) is 6. The van der Waals surface area contributed by atoms with Crippen LogP contribution in [-0.2, 0) is 11.2 Å². The largest absolute Gasteiger partial charge is 0.463 e. The van der Waals surface area contributed by atoms with Gasteiger partial charge in [0, 0.05) is 42.5 Å². The molecule has 3 heterocycles. The number of nitriles is 1. The minimum atomic E-state index is -0.359. The van der Waals surface area contributed by atoms with Crippen LogP contribution in [0, 0.1) is 28.5 Å². The minimum absolute atomic E-state index is 0.100. The molecule has 5 aliphatic rings. The van der Waals surface area contributed by atoms with Gasteiger partial charge in [-0.05, 0) is 92.3 Å². The molecule has 45 heavy (non-hydrogen) atoms. The van der Waals surface area contributed by atoms with Gasteiger partial charge in [-0.15, -0.1) is 0 Å². The van der Waals surface area contributed by atoms with E-state index in [1.807, 2.05) is 24.3 Å². The fraction of sp³-hybridized carbons (Fsp3) is 0.500. The van der Waals surface area contributed by atoms with Gasteiger partial charge in [0.2, 0.25) is 5.91 Å². The number of amides is 1. The number of ether oxygens (including phenoxy) is 1. The summed E-state index contributed by atoms with van der Waals surface area (Å²) in [6.45, 7) is 8.74. The summed E-state index contributed by atoms with van der Waals surface area (Å²) in [5.41, 5.74) is 4.50. The van der Waals surface area contributed by atoms with Crippen LogP contribution in [0.4, 0.5) is 10.2 Å². The molecular weight excluding hydrogens is 567 g/mol. The number of carbonyl (C=O) groups excluding carboxylic acids is 1. The van der Waals surface area contributed by atoms with Gasteiger partial charge in [-0.1, -0.05) is 30.8 Å². The molecule has 3 atom stereocenters. The Morgan fingerprint density at radius 1 is 1.13 bits per heavy atom. The summed E-state index contributed by atoms with van der Waals surface area (Å²) in [6.07, 6.45) is 8.44. The first-order valence-electron chi connectivity index (χ1n) is 16.5. The van der Waals surface area contributed by atoms with Crippen LogP contribution in [0.5, 0.6) is 6.01 Å². The summed E-state index contributed by atoms with van der Waals surface area (Å²) in [5.74, 6) is 1.35. The average Bonchev–Trinajstić information content (AvgIpc) is 3.91. The van der Waals surface area contributed by atoms with Crippen LogP contribution in [0.2, 0.25) is 0 Å². The number of rotatable bonds is 9. The summed E-state index contributed by atoms with van der Waals surface area (Å²) in [4.78, 5) is 28.5. The van der Waals surface area contributed by atoms with Crippen LogP contribution in [0.15, 0.2) is 43.0 Å². The van der Waals surface area contributed by atoms with Gasteiger partial charge in [0.05, 0.1) is 25.1 Å². The maximum Gasteiger partial charge on any atom is 0.319 e. The Labute approximate surface area is 263 Å². The molecule has 2 aliphatic heterocycles. The fourth-order valence-corrected chi connectivity index (χ4v) is 8.08. The first kappa shape index (κ1) is 28.4. The molecule has 9 heteroatoms.